The van der Waals surface area contributed by atoms with Crippen molar-refractivity contribution in [3.63, 3.8) is 0 Å². The molecule has 1 atom stereocenters. The molecule has 0 spiro atoms. The number of carboxylic acid groups (broad SMARTS) is 1. The maximum atomic E-state index is 11.0. The molecule has 0 aliphatic rings. The quantitative estimate of drug-likeness (QED) is 0.382. The van der Waals surface area contributed by atoms with Gasteiger partial charge in [0.05, 0.1) is 5.60 Å². The monoisotopic (exact) mass is 316 g/mol. The Labute approximate surface area is 96.7 Å². The minimum Gasteiger partial charge on any atom is -0.479 e. The summed E-state index contributed by atoms with van der Waals surface area (Å²) in [5, 5.41) is 27.8. The van der Waals surface area contributed by atoms with Crippen LogP contribution in [0.1, 0.15) is 13.8 Å². The lowest BCUT2D eigenvalue weighted by atomic mass is 9.83. The molecule has 0 aromatic rings. The Morgan fingerprint density at radius 1 is 1.57 bits per heavy atom. The molecule has 0 aromatic heterocycles. The number of hydrogen-bond acceptors (Lipinski definition) is 4. The number of rotatable bonds is 5. The van der Waals surface area contributed by atoms with Crippen molar-refractivity contribution in [2.24, 2.45) is 0 Å². The van der Waals surface area contributed by atoms with E-state index in [9.17, 15) is 9.90 Å². The molecule has 0 bridgehead atoms. The van der Waals surface area contributed by atoms with E-state index in [1.165, 1.54) is 20.7 Å². The Bertz CT molecular complexity index is 215. The van der Waals surface area contributed by atoms with Crippen molar-refractivity contribution in [3.05, 3.63) is 0 Å². The van der Waals surface area contributed by atoms with Gasteiger partial charge in [-0.3, -0.25) is 0 Å². The molecule has 0 aromatic carbocycles. The lowest BCUT2D eigenvalue weighted by Crippen LogP contribution is -2.61. The van der Waals surface area contributed by atoms with Crippen LogP contribution in [0.3, 0.4) is 0 Å². The van der Waals surface area contributed by atoms with Gasteiger partial charge < -0.3 is 19.9 Å². The first kappa shape index (κ1) is 14.1. The van der Waals surface area contributed by atoms with Crippen LogP contribution in [0, 0.1) is 0 Å². The molecule has 0 rings (SSSR count). The van der Waals surface area contributed by atoms with Crippen LogP contribution in [0.15, 0.2) is 0 Å². The van der Waals surface area contributed by atoms with Crippen LogP contribution in [-0.2, 0) is 9.45 Å². The summed E-state index contributed by atoms with van der Waals surface area (Å²) in [6.45, 7) is 3.97. The highest BCUT2D eigenvalue weighted by Crippen LogP contribution is 2.29. The SMILES string of the molecule is CB(O)OC(CI)(C(=O)O)C(C)(C)O. The molecule has 0 aliphatic carbocycles. The van der Waals surface area contributed by atoms with Crippen LogP contribution in [0.2, 0.25) is 6.82 Å². The fourth-order valence-electron chi connectivity index (χ4n) is 1.000. The summed E-state index contributed by atoms with van der Waals surface area (Å²) < 4.78 is 4.95. The Morgan fingerprint density at radius 2 is 2.00 bits per heavy atom. The largest absolute Gasteiger partial charge is 0.479 e. The van der Waals surface area contributed by atoms with Crippen LogP contribution < -0.4 is 0 Å². The highest BCUT2D eigenvalue weighted by molar-refractivity contribution is 14.1. The third kappa shape index (κ3) is 2.82. The number of halogens is 1. The summed E-state index contributed by atoms with van der Waals surface area (Å²) in [5.74, 6) is -1.29. The van der Waals surface area contributed by atoms with Crippen LogP contribution in [-0.4, -0.2) is 44.0 Å². The van der Waals surface area contributed by atoms with E-state index in [0.717, 1.165) is 0 Å². The van der Waals surface area contributed by atoms with Gasteiger partial charge in [-0.1, -0.05) is 22.6 Å². The molecule has 0 saturated heterocycles. The lowest BCUT2D eigenvalue weighted by Gasteiger charge is -2.38. The Hall–Kier alpha value is 0.145. The van der Waals surface area contributed by atoms with E-state index in [4.69, 9.17) is 14.8 Å². The summed E-state index contributed by atoms with van der Waals surface area (Å²) in [5.41, 5.74) is -3.36. The molecule has 0 aliphatic heterocycles. The van der Waals surface area contributed by atoms with Gasteiger partial charge in [-0.15, -0.1) is 0 Å². The van der Waals surface area contributed by atoms with Crippen LogP contribution in [0.5, 0.6) is 0 Å². The zero-order chi connectivity index (χ0) is 11.6. The molecule has 3 N–H and O–H groups in total. The second-order valence-corrected chi connectivity index (χ2v) is 4.30. The van der Waals surface area contributed by atoms with E-state index in [2.05, 4.69) is 0 Å². The molecule has 5 nitrogen and oxygen atoms in total. The average molecular weight is 316 g/mol. The molecule has 0 saturated carbocycles. The van der Waals surface area contributed by atoms with E-state index in [1.54, 1.807) is 22.6 Å². The number of carbonyl (C=O) groups is 1. The second-order valence-electron chi connectivity index (χ2n) is 3.54. The van der Waals surface area contributed by atoms with Crippen molar-refractivity contribution in [2.75, 3.05) is 4.43 Å². The van der Waals surface area contributed by atoms with Crippen LogP contribution in [0.25, 0.3) is 0 Å². The molecule has 0 heterocycles. The van der Waals surface area contributed by atoms with Crippen molar-refractivity contribution < 1.29 is 24.7 Å². The molecule has 7 heteroatoms. The van der Waals surface area contributed by atoms with E-state index in [1.807, 2.05) is 0 Å². The predicted octanol–water partition coefficient (Wildman–Crippen LogP) is 0.143. The van der Waals surface area contributed by atoms with Gasteiger partial charge in [0, 0.05) is 4.43 Å². The molecule has 82 valence electrons. The lowest BCUT2D eigenvalue weighted by molar-refractivity contribution is -0.176. The number of hydrogen-bond donors (Lipinski definition) is 3. The van der Waals surface area contributed by atoms with Gasteiger partial charge in [-0.25, -0.2) is 4.79 Å². The van der Waals surface area contributed by atoms with Crippen molar-refractivity contribution in [3.8, 4) is 0 Å². The third-order valence-electron chi connectivity index (χ3n) is 1.89. The standard InChI is InChI=1S/C7H14BIO5/c1-6(2,12)7(4-9,5(10)11)14-8(3)13/h12-13H,4H2,1-3H3,(H,10,11). The molecule has 0 fully saturated rings. The Kier molecular flexibility index (Phi) is 4.83. The van der Waals surface area contributed by atoms with Gasteiger partial charge in [-0.2, -0.15) is 0 Å². The smallest absolute Gasteiger partial charge is 0.451 e. The summed E-state index contributed by atoms with van der Waals surface area (Å²) >= 11 is 1.80. The van der Waals surface area contributed by atoms with Gasteiger partial charge in [0.25, 0.3) is 0 Å². The van der Waals surface area contributed by atoms with Crippen molar-refractivity contribution in [1.82, 2.24) is 0 Å². The van der Waals surface area contributed by atoms with Gasteiger partial charge in [-0.05, 0) is 20.7 Å². The van der Waals surface area contributed by atoms with Crippen molar-refractivity contribution >= 4 is 35.7 Å². The maximum Gasteiger partial charge on any atom is 0.451 e. The summed E-state index contributed by atoms with van der Waals surface area (Å²) in [6, 6.07) is 0. The van der Waals surface area contributed by atoms with Crippen molar-refractivity contribution in [1.29, 1.82) is 0 Å². The zero-order valence-electron chi connectivity index (χ0n) is 8.32. The molecule has 1 unspecified atom stereocenters. The van der Waals surface area contributed by atoms with E-state index < -0.39 is 24.3 Å². The first-order valence-electron chi connectivity index (χ1n) is 4.05. The van der Waals surface area contributed by atoms with E-state index in [-0.39, 0.29) is 4.43 Å². The van der Waals surface area contributed by atoms with E-state index >= 15 is 0 Å². The average Bonchev–Trinajstić information content (AvgIpc) is 1.96. The van der Waals surface area contributed by atoms with Crippen molar-refractivity contribution in [2.45, 2.75) is 31.9 Å². The molecular formula is C7H14BIO5. The molecule has 0 radical (unpaired) electrons. The number of alkyl halides is 1. The fraction of sp³-hybridized carbons (Fsp3) is 0.857. The first-order chi connectivity index (χ1) is 6.17. The number of aliphatic hydroxyl groups is 1. The van der Waals surface area contributed by atoms with Gasteiger partial charge in [0.15, 0.2) is 5.60 Å². The Balaban J connectivity index is 5.10. The second kappa shape index (κ2) is 4.78. The normalized spacial score (nSPS) is 16.1. The number of aliphatic carboxylic acids is 1. The molecule has 14 heavy (non-hydrogen) atoms. The van der Waals surface area contributed by atoms with Gasteiger partial charge in [0.1, 0.15) is 0 Å². The predicted molar refractivity (Wildman–Crippen MR) is 60.5 cm³/mol. The molecule has 0 amide bonds. The highest BCUT2D eigenvalue weighted by atomic mass is 127. The van der Waals surface area contributed by atoms with E-state index in [0.29, 0.717) is 0 Å². The third-order valence-corrected chi connectivity index (χ3v) is 2.97. The first-order valence-corrected chi connectivity index (χ1v) is 5.57. The van der Waals surface area contributed by atoms with Crippen LogP contribution >= 0.6 is 22.6 Å². The van der Waals surface area contributed by atoms with Crippen LogP contribution in [0.4, 0.5) is 0 Å². The van der Waals surface area contributed by atoms with Gasteiger partial charge >= 0.3 is 13.1 Å². The van der Waals surface area contributed by atoms with Gasteiger partial charge in [0.2, 0.25) is 0 Å². The summed E-state index contributed by atoms with van der Waals surface area (Å²) in [4.78, 5) is 11.0. The minimum atomic E-state index is -1.79. The maximum absolute atomic E-state index is 11.0. The highest BCUT2D eigenvalue weighted by Gasteiger charge is 2.52. The molecular weight excluding hydrogens is 302 g/mol. The summed E-state index contributed by atoms with van der Waals surface area (Å²) in [7, 11) is -1.24. The Morgan fingerprint density at radius 3 is 2.07 bits per heavy atom. The topological polar surface area (TPSA) is 87.0 Å². The fourth-order valence-corrected chi connectivity index (χ4v) is 2.44. The minimum absolute atomic E-state index is 0.0362. The zero-order valence-corrected chi connectivity index (χ0v) is 10.5. The summed E-state index contributed by atoms with van der Waals surface area (Å²) in [6.07, 6.45) is 0. The number of carboxylic acids is 1.